The molecule has 2 aliphatic heterocycles. The van der Waals surface area contributed by atoms with E-state index in [4.69, 9.17) is 34.8 Å². The molecule has 0 N–H and O–H groups in total. The van der Waals surface area contributed by atoms with Gasteiger partial charge >= 0.3 is 0 Å². The van der Waals surface area contributed by atoms with E-state index in [9.17, 15) is 14.4 Å². The molecule has 0 aromatic heterocycles. The van der Waals surface area contributed by atoms with E-state index in [1.54, 1.807) is 60.7 Å². The maximum Gasteiger partial charge on any atom is 0.185 e. The molecule has 7 heteroatoms. The largest absolute Gasteiger partial charge is 0.352 e. The summed E-state index contributed by atoms with van der Waals surface area (Å²) in [5, 5.41) is 1.25. The van der Waals surface area contributed by atoms with Crippen LogP contribution in [-0.2, 0) is 0 Å². The molecule has 1 fully saturated rings. The van der Waals surface area contributed by atoms with Gasteiger partial charge in [0.25, 0.3) is 0 Å². The lowest BCUT2D eigenvalue weighted by Gasteiger charge is -2.37. The zero-order valence-electron chi connectivity index (χ0n) is 21.8. The Bertz CT molecular complexity index is 1790. The molecule has 3 atom stereocenters. The van der Waals surface area contributed by atoms with E-state index in [0.717, 1.165) is 16.8 Å². The third-order valence-electron chi connectivity index (χ3n) is 8.67. The van der Waals surface area contributed by atoms with Gasteiger partial charge in [0, 0.05) is 43.4 Å². The van der Waals surface area contributed by atoms with Crippen LogP contribution in [0.25, 0.3) is 6.08 Å². The summed E-state index contributed by atoms with van der Waals surface area (Å²) in [5.41, 5.74) is 2.59. The second-order valence-electron chi connectivity index (χ2n) is 10.8. The van der Waals surface area contributed by atoms with Gasteiger partial charge in [0.2, 0.25) is 0 Å². The quantitative estimate of drug-likeness (QED) is 0.176. The van der Waals surface area contributed by atoms with Gasteiger partial charge in [0.15, 0.2) is 17.3 Å². The third kappa shape index (κ3) is 3.64. The summed E-state index contributed by atoms with van der Waals surface area (Å²) in [6.45, 7) is 1.95. The number of hydrogen-bond donors (Lipinski definition) is 0. The molecule has 0 saturated carbocycles. The van der Waals surface area contributed by atoms with E-state index in [1.165, 1.54) is 0 Å². The molecule has 4 aromatic carbocycles. The Morgan fingerprint density at radius 3 is 2.10 bits per heavy atom. The fraction of sp³-hybridized carbons (Fsp3) is 0.147. The smallest absolute Gasteiger partial charge is 0.185 e. The normalized spacial score (nSPS) is 21.7. The summed E-state index contributed by atoms with van der Waals surface area (Å²) in [7, 11) is 0. The van der Waals surface area contributed by atoms with Gasteiger partial charge in [-0.1, -0.05) is 107 Å². The van der Waals surface area contributed by atoms with Crippen LogP contribution in [0.1, 0.15) is 53.7 Å². The molecule has 0 unspecified atom stereocenters. The topological polar surface area (TPSA) is 54.5 Å². The van der Waals surface area contributed by atoms with Crippen molar-refractivity contribution in [2.45, 2.75) is 24.9 Å². The van der Waals surface area contributed by atoms with Crippen LogP contribution in [0.15, 0.2) is 91.0 Å². The maximum absolute atomic E-state index is 14.7. The Hall–Kier alpha value is -3.70. The first-order chi connectivity index (χ1) is 19.7. The van der Waals surface area contributed by atoms with Gasteiger partial charge in [0.05, 0.1) is 6.04 Å². The number of benzene rings is 4. The molecule has 1 saturated heterocycles. The van der Waals surface area contributed by atoms with Crippen molar-refractivity contribution in [2.24, 2.45) is 5.41 Å². The standard InChI is InChI=1S/C34H22Cl3NO3/c1-18-6-8-19(9-7-18)31(39)30-29(25-13-11-22(36)17-26(25)37)34(32(40)23-4-2-3-5-24(23)33(34)41)28-15-10-20-16-21(35)12-14-27(20)38(28)30/h2-17,28-30H,1H3/t28-,29+,30-/m0/s1. The number of anilines is 1. The van der Waals surface area contributed by atoms with Gasteiger partial charge in [-0.3, -0.25) is 14.4 Å². The Morgan fingerprint density at radius 2 is 1.44 bits per heavy atom. The molecule has 2 heterocycles. The van der Waals surface area contributed by atoms with Crippen molar-refractivity contribution < 1.29 is 14.4 Å². The number of carbonyl (C=O) groups is 3. The van der Waals surface area contributed by atoms with Crippen LogP contribution in [-0.4, -0.2) is 29.4 Å². The number of carbonyl (C=O) groups excluding carboxylic acids is 3. The minimum Gasteiger partial charge on any atom is -0.352 e. The zero-order valence-corrected chi connectivity index (χ0v) is 24.0. The monoisotopic (exact) mass is 597 g/mol. The van der Waals surface area contributed by atoms with Gasteiger partial charge in [-0.15, -0.1) is 0 Å². The minimum atomic E-state index is -1.64. The average Bonchev–Trinajstić information content (AvgIpc) is 3.39. The highest BCUT2D eigenvalue weighted by atomic mass is 35.5. The lowest BCUT2D eigenvalue weighted by Crippen LogP contribution is -2.48. The van der Waals surface area contributed by atoms with Gasteiger partial charge in [-0.25, -0.2) is 0 Å². The summed E-state index contributed by atoms with van der Waals surface area (Å²) in [4.78, 5) is 46.0. The predicted molar refractivity (Wildman–Crippen MR) is 163 cm³/mol. The molecule has 0 bridgehead atoms. The Kier molecular flexibility index (Phi) is 6.02. The molecule has 4 aromatic rings. The van der Waals surface area contributed by atoms with Crippen molar-refractivity contribution in [1.29, 1.82) is 0 Å². The summed E-state index contributed by atoms with van der Waals surface area (Å²) in [6.07, 6.45) is 3.74. The van der Waals surface area contributed by atoms with E-state index < -0.39 is 23.4 Å². The van der Waals surface area contributed by atoms with Crippen LogP contribution in [0.4, 0.5) is 5.69 Å². The fourth-order valence-corrected chi connectivity index (χ4v) is 7.64. The van der Waals surface area contributed by atoms with Crippen LogP contribution < -0.4 is 4.90 Å². The molecule has 41 heavy (non-hydrogen) atoms. The molecule has 1 spiro atoms. The maximum atomic E-state index is 14.7. The summed E-state index contributed by atoms with van der Waals surface area (Å²) < 4.78 is 0. The van der Waals surface area contributed by atoms with Crippen LogP contribution in [0.3, 0.4) is 0 Å². The number of rotatable bonds is 3. The van der Waals surface area contributed by atoms with Crippen molar-refractivity contribution in [1.82, 2.24) is 0 Å². The van der Waals surface area contributed by atoms with Crippen molar-refractivity contribution in [3.63, 3.8) is 0 Å². The van der Waals surface area contributed by atoms with E-state index >= 15 is 0 Å². The molecule has 4 nitrogen and oxygen atoms in total. The van der Waals surface area contributed by atoms with Crippen molar-refractivity contribution in [2.75, 3.05) is 4.90 Å². The Labute approximate surface area is 252 Å². The van der Waals surface area contributed by atoms with Gasteiger partial charge < -0.3 is 4.90 Å². The lowest BCUT2D eigenvalue weighted by atomic mass is 9.64. The number of fused-ring (bicyclic) bond motifs is 5. The second-order valence-corrected chi connectivity index (χ2v) is 12.1. The van der Waals surface area contributed by atoms with Crippen LogP contribution in [0.5, 0.6) is 0 Å². The summed E-state index contributed by atoms with van der Waals surface area (Å²) in [6, 6.07) is 23.0. The van der Waals surface area contributed by atoms with Gasteiger partial charge in [0.1, 0.15) is 11.5 Å². The summed E-state index contributed by atoms with van der Waals surface area (Å²) in [5.74, 6) is -1.75. The molecular weight excluding hydrogens is 577 g/mol. The SMILES string of the molecule is Cc1ccc(C(=O)[C@@H]2[C@@H](c3ccc(Cl)cc3Cl)C3(C(=O)c4ccccc4C3=O)[C@@H]3C=Cc4cc(Cl)ccc4N23)cc1. The average molecular weight is 599 g/mol. The molecule has 0 radical (unpaired) electrons. The van der Waals surface area contributed by atoms with E-state index in [-0.39, 0.29) is 17.3 Å². The number of halogens is 3. The highest BCUT2D eigenvalue weighted by Crippen LogP contribution is 2.61. The van der Waals surface area contributed by atoms with Crippen LogP contribution in [0, 0.1) is 12.3 Å². The van der Waals surface area contributed by atoms with Crippen molar-refractivity contribution in [3.8, 4) is 0 Å². The number of ketones is 3. The number of hydrogen-bond acceptors (Lipinski definition) is 4. The molecular formula is C34H22Cl3NO3. The number of nitrogens with zero attached hydrogens (tertiary/aromatic N) is 1. The first kappa shape index (κ1) is 26.2. The molecule has 1 aliphatic carbocycles. The second kappa shape index (κ2) is 9.42. The molecule has 0 amide bonds. The molecule has 3 aliphatic rings. The van der Waals surface area contributed by atoms with E-state index in [1.807, 2.05) is 48.2 Å². The minimum absolute atomic E-state index is 0.212. The van der Waals surface area contributed by atoms with Gasteiger partial charge in [-0.2, -0.15) is 0 Å². The first-order valence-corrected chi connectivity index (χ1v) is 14.4. The predicted octanol–water partition coefficient (Wildman–Crippen LogP) is 8.27. The molecule has 202 valence electrons. The first-order valence-electron chi connectivity index (χ1n) is 13.2. The van der Waals surface area contributed by atoms with Crippen LogP contribution in [0.2, 0.25) is 15.1 Å². The van der Waals surface area contributed by atoms with Crippen molar-refractivity contribution >= 4 is 63.9 Å². The zero-order chi connectivity index (χ0) is 28.6. The summed E-state index contributed by atoms with van der Waals surface area (Å²) >= 11 is 19.5. The van der Waals surface area contributed by atoms with E-state index in [2.05, 4.69) is 0 Å². The van der Waals surface area contributed by atoms with Crippen molar-refractivity contribution in [3.05, 3.63) is 139 Å². The fourth-order valence-electron chi connectivity index (χ4n) is 6.93. The highest BCUT2D eigenvalue weighted by Gasteiger charge is 2.71. The molecule has 7 rings (SSSR count). The highest BCUT2D eigenvalue weighted by molar-refractivity contribution is 6.36. The van der Waals surface area contributed by atoms with Gasteiger partial charge in [-0.05, 0) is 48.4 Å². The Balaban J connectivity index is 1.56. The van der Waals surface area contributed by atoms with Crippen LogP contribution >= 0.6 is 34.8 Å². The lowest BCUT2D eigenvalue weighted by molar-refractivity contribution is 0.0666. The number of Topliss-reactive ketones (excluding diaryl/α,β-unsaturated/α-hetero) is 3. The number of aryl methyl sites for hydroxylation is 1. The Morgan fingerprint density at radius 1 is 0.805 bits per heavy atom. The third-order valence-corrected chi connectivity index (χ3v) is 9.47. The van der Waals surface area contributed by atoms with E-state index in [0.29, 0.717) is 37.3 Å².